The fourth-order valence-electron chi connectivity index (χ4n) is 3.44. The normalized spacial score (nSPS) is 12.5. The van der Waals surface area contributed by atoms with Gasteiger partial charge in [0.05, 0.1) is 16.3 Å². The van der Waals surface area contributed by atoms with E-state index in [1.807, 2.05) is 54.1 Å². The molecule has 0 atom stereocenters. The lowest BCUT2D eigenvalue weighted by Crippen LogP contribution is -2.21. The summed E-state index contributed by atoms with van der Waals surface area (Å²) in [5, 5.41) is 8.68. The van der Waals surface area contributed by atoms with Crippen LogP contribution in [0.2, 0.25) is 0 Å². The summed E-state index contributed by atoms with van der Waals surface area (Å²) in [7, 11) is 0. The number of amides is 1. The molecule has 1 aliphatic rings. The van der Waals surface area contributed by atoms with E-state index < -0.39 is 0 Å². The van der Waals surface area contributed by atoms with Crippen LogP contribution < -0.4 is 14.8 Å². The third-order valence-electron chi connectivity index (χ3n) is 5.00. The molecule has 7 heteroatoms. The number of thiophene rings is 1. The SMILES string of the molecule is Cc1ccccc1-n1nc(C)c2cc(C(=O)NCc3ccc4c(c3)OCO4)sc21. The van der Waals surface area contributed by atoms with Crippen LogP contribution in [-0.2, 0) is 6.54 Å². The second-order valence-corrected chi connectivity index (χ2v) is 8.01. The molecular formula is C22H19N3O3S. The summed E-state index contributed by atoms with van der Waals surface area (Å²) in [6.07, 6.45) is 0. The fraction of sp³-hybridized carbons (Fsp3) is 0.182. The number of benzene rings is 2. The molecule has 3 heterocycles. The number of nitrogens with zero attached hydrogens (tertiary/aromatic N) is 2. The smallest absolute Gasteiger partial charge is 0.261 e. The van der Waals surface area contributed by atoms with Crippen LogP contribution in [0.4, 0.5) is 0 Å². The van der Waals surface area contributed by atoms with Crippen molar-refractivity contribution in [1.82, 2.24) is 15.1 Å². The number of hydrogen-bond acceptors (Lipinski definition) is 5. The number of carbonyl (C=O) groups excluding carboxylic acids is 1. The Hall–Kier alpha value is -3.32. The fourth-order valence-corrected chi connectivity index (χ4v) is 4.54. The van der Waals surface area contributed by atoms with Crippen molar-refractivity contribution in [2.24, 2.45) is 0 Å². The van der Waals surface area contributed by atoms with Gasteiger partial charge in [-0.05, 0) is 49.2 Å². The maximum absolute atomic E-state index is 12.8. The van der Waals surface area contributed by atoms with E-state index in [0.717, 1.165) is 38.5 Å². The summed E-state index contributed by atoms with van der Waals surface area (Å²) in [6, 6.07) is 15.7. The third-order valence-corrected chi connectivity index (χ3v) is 6.11. The minimum absolute atomic E-state index is 0.0976. The van der Waals surface area contributed by atoms with Gasteiger partial charge in [-0.1, -0.05) is 24.3 Å². The zero-order chi connectivity index (χ0) is 20.0. The van der Waals surface area contributed by atoms with Crippen LogP contribution in [0.5, 0.6) is 11.5 Å². The van der Waals surface area contributed by atoms with E-state index in [4.69, 9.17) is 9.47 Å². The molecular weight excluding hydrogens is 386 g/mol. The van der Waals surface area contributed by atoms with E-state index >= 15 is 0 Å². The number of rotatable bonds is 4. The first-order valence-corrected chi connectivity index (χ1v) is 10.1. The van der Waals surface area contributed by atoms with Crippen molar-refractivity contribution < 1.29 is 14.3 Å². The summed E-state index contributed by atoms with van der Waals surface area (Å²) >= 11 is 1.46. The van der Waals surface area contributed by atoms with Crippen LogP contribution in [0.3, 0.4) is 0 Å². The van der Waals surface area contributed by atoms with Gasteiger partial charge in [-0.15, -0.1) is 11.3 Å². The van der Waals surface area contributed by atoms with Crippen LogP contribution in [0.1, 0.15) is 26.5 Å². The van der Waals surface area contributed by atoms with E-state index in [1.54, 1.807) is 0 Å². The largest absolute Gasteiger partial charge is 0.454 e. The van der Waals surface area contributed by atoms with Gasteiger partial charge in [0.25, 0.3) is 5.91 Å². The molecule has 1 N–H and O–H groups in total. The molecule has 2 aromatic heterocycles. The first-order chi connectivity index (χ1) is 14.1. The zero-order valence-corrected chi connectivity index (χ0v) is 16.9. The minimum Gasteiger partial charge on any atom is -0.454 e. The Balaban J connectivity index is 1.40. The highest BCUT2D eigenvalue weighted by molar-refractivity contribution is 7.20. The molecule has 5 rings (SSSR count). The van der Waals surface area contributed by atoms with Gasteiger partial charge in [-0.25, -0.2) is 4.68 Å². The molecule has 0 fully saturated rings. The lowest BCUT2D eigenvalue weighted by molar-refractivity contribution is 0.0955. The highest BCUT2D eigenvalue weighted by atomic mass is 32.1. The third kappa shape index (κ3) is 3.13. The quantitative estimate of drug-likeness (QED) is 0.548. The Labute approximate surface area is 171 Å². The summed E-state index contributed by atoms with van der Waals surface area (Å²) in [6.45, 7) is 4.69. The van der Waals surface area contributed by atoms with Crippen molar-refractivity contribution in [1.29, 1.82) is 0 Å². The average molecular weight is 405 g/mol. The van der Waals surface area contributed by atoms with Crippen molar-refractivity contribution in [3.8, 4) is 17.2 Å². The summed E-state index contributed by atoms with van der Waals surface area (Å²) < 4.78 is 12.6. The Morgan fingerprint density at radius 3 is 2.83 bits per heavy atom. The topological polar surface area (TPSA) is 65.4 Å². The highest BCUT2D eigenvalue weighted by Gasteiger charge is 2.18. The lowest BCUT2D eigenvalue weighted by Gasteiger charge is -2.06. The number of carbonyl (C=O) groups is 1. The second-order valence-electron chi connectivity index (χ2n) is 6.98. The summed E-state index contributed by atoms with van der Waals surface area (Å²) in [4.78, 5) is 14.4. The number of fused-ring (bicyclic) bond motifs is 2. The molecule has 0 radical (unpaired) electrons. The van der Waals surface area contributed by atoms with Gasteiger partial charge in [0.15, 0.2) is 11.5 Å². The first-order valence-electron chi connectivity index (χ1n) is 9.32. The number of nitrogens with one attached hydrogen (secondary N) is 1. The van der Waals surface area contributed by atoms with E-state index in [0.29, 0.717) is 17.2 Å². The Morgan fingerprint density at radius 1 is 1.14 bits per heavy atom. The first kappa shape index (κ1) is 17.8. The Bertz CT molecular complexity index is 1240. The van der Waals surface area contributed by atoms with Crippen LogP contribution in [-0.4, -0.2) is 22.5 Å². The summed E-state index contributed by atoms with van der Waals surface area (Å²) in [5.41, 5.74) is 4.04. The number of aryl methyl sites for hydroxylation is 2. The van der Waals surface area contributed by atoms with Crippen molar-refractivity contribution in [3.05, 3.63) is 70.2 Å². The van der Waals surface area contributed by atoms with Gasteiger partial charge in [0.1, 0.15) is 4.83 Å². The predicted molar refractivity (Wildman–Crippen MR) is 112 cm³/mol. The van der Waals surface area contributed by atoms with Gasteiger partial charge in [0, 0.05) is 11.9 Å². The van der Waals surface area contributed by atoms with Crippen LogP contribution >= 0.6 is 11.3 Å². The molecule has 4 aromatic rings. The number of para-hydroxylation sites is 1. The van der Waals surface area contributed by atoms with E-state index in [-0.39, 0.29) is 12.7 Å². The number of aromatic nitrogens is 2. The molecule has 146 valence electrons. The Kier molecular flexibility index (Phi) is 4.24. The Morgan fingerprint density at radius 2 is 1.97 bits per heavy atom. The highest BCUT2D eigenvalue weighted by Crippen LogP contribution is 2.33. The maximum atomic E-state index is 12.8. The standard InChI is InChI=1S/C22H19N3O3S/c1-13-5-3-4-6-17(13)25-22-16(14(2)24-25)10-20(29-22)21(26)23-11-15-7-8-18-19(9-15)28-12-27-18/h3-10H,11-12H2,1-2H3,(H,23,26). The predicted octanol–water partition coefficient (Wildman–Crippen LogP) is 4.36. The van der Waals surface area contributed by atoms with Crippen molar-refractivity contribution in [2.75, 3.05) is 6.79 Å². The molecule has 0 bridgehead atoms. The van der Waals surface area contributed by atoms with Gasteiger partial charge in [-0.2, -0.15) is 5.10 Å². The van der Waals surface area contributed by atoms with Crippen molar-refractivity contribution >= 4 is 27.5 Å². The molecule has 0 saturated heterocycles. The number of ether oxygens (including phenoxy) is 2. The second kappa shape index (κ2) is 6.93. The zero-order valence-electron chi connectivity index (χ0n) is 16.1. The minimum atomic E-state index is -0.0976. The van der Waals surface area contributed by atoms with Gasteiger partial charge >= 0.3 is 0 Å². The maximum Gasteiger partial charge on any atom is 0.261 e. The molecule has 1 amide bonds. The summed E-state index contributed by atoms with van der Waals surface area (Å²) in [5.74, 6) is 1.35. The monoisotopic (exact) mass is 405 g/mol. The van der Waals surface area contributed by atoms with E-state index in [9.17, 15) is 4.79 Å². The van der Waals surface area contributed by atoms with Gasteiger partial charge in [-0.3, -0.25) is 4.79 Å². The van der Waals surface area contributed by atoms with Crippen molar-refractivity contribution in [3.63, 3.8) is 0 Å². The molecule has 6 nitrogen and oxygen atoms in total. The molecule has 0 unspecified atom stereocenters. The molecule has 0 saturated carbocycles. The average Bonchev–Trinajstić information content (AvgIpc) is 3.43. The molecule has 1 aliphatic heterocycles. The van der Waals surface area contributed by atoms with Gasteiger partial charge in [0.2, 0.25) is 6.79 Å². The van der Waals surface area contributed by atoms with Crippen LogP contribution in [0.15, 0.2) is 48.5 Å². The van der Waals surface area contributed by atoms with Gasteiger partial charge < -0.3 is 14.8 Å². The molecule has 2 aromatic carbocycles. The molecule has 29 heavy (non-hydrogen) atoms. The van der Waals surface area contributed by atoms with E-state index in [2.05, 4.69) is 23.4 Å². The van der Waals surface area contributed by atoms with Crippen LogP contribution in [0, 0.1) is 13.8 Å². The van der Waals surface area contributed by atoms with E-state index in [1.165, 1.54) is 11.3 Å². The van der Waals surface area contributed by atoms with Crippen molar-refractivity contribution in [2.45, 2.75) is 20.4 Å². The lowest BCUT2D eigenvalue weighted by atomic mass is 10.2. The molecule has 0 spiro atoms. The van der Waals surface area contributed by atoms with Crippen LogP contribution in [0.25, 0.3) is 15.9 Å². The number of hydrogen-bond donors (Lipinski definition) is 1. The molecule has 0 aliphatic carbocycles.